The van der Waals surface area contributed by atoms with Crippen molar-refractivity contribution in [1.82, 2.24) is 4.90 Å². The highest BCUT2D eigenvalue weighted by Gasteiger charge is 2.36. The van der Waals surface area contributed by atoms with Gasteiger partial charge in [0, 0.05) is 35.5 Å². The minimum absolute atomic E-state index is 0. The van der Waals surface area contributed by atoms with Gasteiger partial charge in [-0.05, 0) is 62.4 Å². The number of hydrogen-bond acceptors (Lipinski definition) is 3. The van der Waals surface area contributed by atoms with Crippen molar-refractivity contribution in [2.45, 2.75) is 32.1 Å². The summed E-state index contributed by atoms with van der Waals surface area (Å²) in [5.74, 6) is 0.855. The first-order valence-electron chi connectivity index (χ1n) is 8.88. The summed E-state index contributed by atoms with van der Waals surface area (Å²) in [6, 6.07) is 7.07. The molecule has 4 nitrogen and oxygen atoms in total. The lowest BCUT2D eigenvalue weighted by Crippen LogP contribution is -2.44. The number of amides is 1. The molecule has 3 rings (SSSR count). The summed E-state index contributed by atoms with van der Waals surface area (Å²) in [7, 11) is 0. The molecule has 0 spiro atoms. The summed E-state index contributed by atoms with van der Waals surface area (Å²) in [6.45, 7) is 1.95. The molecular formula is C19H26Cl2N2O2. The Morgan fingerprint density at radius 1 is 1.08 bits per heavy atom. The minimum atomic E-state index is 0. The van der Waals surface area contributed by atoms with Gasteiger partial charge in [0.25, 0.3) is 0 Å². The molecule has 1 aromatic rings. The molecule has 1 aromatic carbocycles. The number of likely N-dealkylation sites (tertiary alicyclic amines) is 1. The van der Waals surface area contributed by atoms with E-state index in [2.05, 4.69) is 0 Å². The van der Waals surface area contributed by atoms with Crippen molar-refractivity contribution >= 4 is 35.7 Å². The second-order valence-corrected chi connectivity index (χ2v) is 7.44. The summed E-state index contributed by atoms with van der Waals surface area (Å²) in [4.78, 5) is 27.3. The van der Waals surface area contributed by atoms with E-state index in [0.717, 1.165) is 32.1 Å². The first kappa shape index (κ1) is 20.2. The third-order valence-electron chi connectivity index (χ3n) is 5.59. The van der Waals surface area contributed by atoms with E-state index >= 15 is 0 Å². The van der Waals surface area contributed by atoms with Crippen LogP contribution in [0.1, 0.15) is 42.5 Å². The van der Waals surface area contributed by atoms with E-state index in [-0.39, 0.29) is 35.9 Å². The Morgan fingerprint density at radius 3 is 2.32 bits per heavy atom. The van der Waals surface area contributed by atoms with Crippen LogP contribution in [0.25, 0.3) is 0 Å². The van der Waals surface area contributed by atoms with E-state index in [4.69, 9.17) is 17.3 Å². The van der Waals surface area contributed by atoms with Gasteiger partial charge in [-0.2, -0.15) is 0 Å². The van der Waals surface area contributed by atoms with Gasteiger partial charge in [0.1, 0.15) is 0 Å². The van der Waals surface area contributed by atoms with E-state index in [1.165, 1.54) is 0 Å². The highest BCUT2D eigenvalue weighted by Crippen LogP contribution is 2.33. The van der Waals surface area contributed by atoms with Crippen LogP contribution >= 0.6 is 24.0 Å². The van der Waals surface area contributed by atoms with Crippen LogP contribution in [-0.4, -0.2) is 36.2 Å². The van der Waals surface area contributed by atoms with Crippen LogP contribution in [0.15, 0.2) is 24.3 Å². The first-order valence-corrected chi connectivity index (χ1v) is 9.26. The number of piperidine rings is 1. The molecular weight excluding hydrogens is 359 g/mol. The predicted molar refractivity (Wildman–Crippen MR) is 102 cm³/mol. The number of benzene rings is 1. The Hall–Kier alpha value is -1.10. The third kappa shape index (κ3) is 4.55. The van der Waals surface area contributed by atoms with Crippen molar-refractivity contribution in [2.24, 2.45) is 23.5 Å². The number of rotatable bonds is 4. The lowest BCUT2D eigenvalue weighted by molar-refractivity contribution is -0.137. The lowest BCUT2D eigenvalue weighted by Gasteiger charge is -2.34. The van der Waals surface area contributed by atoms with E-state index in [9.17, 15) is 9.59 Å². The summed E-state index contributed by atoms with van der Waals surface area (Å²) in [5, 5.41) is 0.637. The largest absolute Gasteiger partial charge is 0.342 e. The molecule has 1 heterocycles. The molecule has 0 bridgehead atoms. The maximum absolute atomic E-state index is 12.7. The predicted octanol–water partition coefficient (Wildman–Crippen LogP) is 3.56. The molecule has 2 atom stereocenters. The number of nitrogens with two attached hydrogens (primary N) is 1. The fraction of sp³-hybridized carbons (Fsp3) is 0.579. The number of carbonyl (C=O) groups is 2. The summed E-state index contributed by atoms with van der Waals surface area (Å²) in [5.41, 5.74) is 6.51. The average molecular weight is 385 g/mol. The van der Waals surface area contributed by atoms with Crippen LogP contribution in [0.2, 0.25) is 5.02 Å². The van der Waals surface area contributed by atoms with E-state index in [0.29, 0.717) is 36.1 Å². The summed E-state index contributed by atoms with van der Waals surface area (Å²) >= 11 is 5.88. The topological polar surface area (TPSA) is 63.4 Å². The van der Waals surface area contributed by atoms with E-state index in [1.807, 2.05) is 4.90 Å². The molecule has 25 heavy (non-hydrogen) atoms. The zero-order valence-electron chi connectivity index (χ0n) is 14.3. The van der Waals surface area contributed by atoms with Crippen molar-refractivity contribution in [3.05, 3.63) is 34.9 Å². The van der Waals surface area contributed by atoms with Crippen molar-refractivity contribution in [3.8, 4) is 0 Å². The Labute approximate surface area is 160 Å². The van der Waals surface area contributed by atoms with Crippen molar-refractivity contribution in [1.29, 1.82) is 0 Å². The monoisotopic (exact) mass is 384 g/mol. The van der Waals surface area contributed by atoms with Gasteiger partial charge < -0.3 is 10.6 Å². The molecule has 2 fully saturated rings. The molecule has 2 aliphatic rings. The van der Waals surface area contributed by atoms with Crippen LogP contribution in [0.5, 0.6) is 0 Å². The van der Waals surface area contributed by atoms with Crippen LogP contribution in [-0.2, 0) is 4.79 Å². The molecule has 0 aromatic heterocycles. The van der Waals surface area contributed by atoms with Gasteiger partial charge in [-0.1, -0.05) is 18.0 Å². The first-order chi connectivity index (χ1) is 11.6. The Bertz CT molecular complexity index is 598. The van der Waals surface area contributed by atoms with E-state index in [1.54, 1.807) is 24.3 Å². The molecule has 0 radical (unpaired) electrons. The SMILES string of the molecule is Cl.NC[C@H]1CCC[C@H]1C(=O)N1CCC(C(=O)c2ccc(Cl)cc2)CC1. The van der Waals surface area contributed by atoms with Gasteiger partial charge >= 0.3 is 0 Å². The quantitative estimate of drug-likeness (QED) is 0.807. The zero-order valence-corrected chi connectivity index (χ0v) is 15.9. The molecule has 1 saturated heterocycles. The zero-order chi connectivity index (χ0) is 17.1. The third-order valence-corrected chi connectivity index (χ3v) is 5.84. The fourth-order valence-corrected chi connectivity index (χ4v) is 4.22. The highest BCUT2D eigenvalue weighted by molar-refractivity contribution is 6.30. The van der Waals surface area contributed by atoms with Gasteiger partial charge in [0.2, 0.25) is 5.91 Å². The number of ketones is 1. The smallest absolute Gasteiger partial charge is 0.226 e. The Balaban J connectivity index is 0.00000225. The number of carbonyl (C=O) groups excluding carboxylic acids is 2. The molecule has 1 amide bonds. The van der Waals surface area contributed by atoms with Crippen molar-refractivity contribution < 1.29 is 9.59 Å². The highest BCUT2D eigenvalue weighted by atomic mass is 35.5. The van der Waals surface area contributed by atoms with Crippen LogP contribution in [0, 0.1) is 17.8 Å². The molecule has 2 N–H and O–H groups in total. The van der Waals surface area contributed by atoms with Crippen LogP contribution in [0.4, 0.5) is 0 Å². The van der Waals surface area contributed by atoms with Gasteiger partial charge in [-0.25, -0.2) is 0 Å². The molecule has 0 unspecified atom stereocenters. The molecule has 6 heteroatoms. The minimum Gasteiger partial charge on any atom is -0.342 e. The fourth-order valence-electron chi connectivity index (χ4n) is 4.09. The standard InChI is InChI=1S/C19H25ClN2O2.ClH/c20-16-6-4-13(5-7-16)18(23)14-8-10-22(11-9-14)19(24)17-3-1-2-15(17)12-21;/h4-7,14-15,17H,1-3,8-12,21H2;1H/t15-,17-;/m1./s1. The maximum Gasteiger partial charge on any atom is 0.226 e. The lowest BCUT2D eigenvalue weighted by atomic mass is 9.87. The van der Waals surface area contributed by atoms with Crippen molar-refractivity contribution in [3.63, 3.8) is 0 Å². The van der Waals surface area contributed by atoms with Crippen LogP contribution in [0.3, 0.4) is 0 Å². The average Bonchev–Trinajstić information content (AvgIpc) is 3.10. The number of Topliss-reactive ketones (excluding diaryl/α,β-unsaturated/α-hetero) is 1. The number of halogens is 2. The van der Waals surface area contributed by atoms with Gasteiger partial charge in [0.15, 0.2) is 5.78 Å². The summed E-state index contributed by atoms with van der Waals surface area (Å²) in [6.07, 6.45) is 4.62. The Morgan fingerprint density at radius 2 is 1.72 bits per heavy atom. The van der Waals surface area contributed by atoms with Crippen molar-refractivity contribution in [2.75, 3.05) is 19.6 Å². The number of nitrogens with zero attached hydrogens (tertiary/aromatic N) is 1. The molecule has 138 valence electrons. The maximum atomic E-state index is 12.7. The Kier molecular flexibility index (Phi) is 7.29. The van der Waals surface area contributed by atoms with E-state index < -0.39 is 0 Å². The number of hydrogen-bond donors (Lipinski definition) is 1. The van der Waals surface area contributed by atoms with Gasteiger partial charge in [-0.15, -0.1) is 12.4 Å². The normalized spacial score (nSPS) is 24.0. The molecule has 1 saturated carbocycles. The molecule has 1 aliphatic carbocycles. The van der Waals surface area contributed by atoms with Crippen LogP contribution < -0.4 is 5.73 Å². The van der Waals surface area contributed by atoms with Gasteiger partial charge in [-0.3, -0.25) is 9.59 Å². The van der Waals surface area contributed by atoms with Gasteiger partial charge in [0.05, 0.1) is 0 Å². The molecule has 1 aliphatic heterocycles. The second-order valence-electron chi connectivity index (χ2n) is 7.00. The summed E-state index contributed by atoms with van der Waals surface area (Å²) < 4.78 is 0. The second kappa shape index (κ2) is 9.02.